The van der Waals surface area contributed by atoms with Gasteiger partial charge in [0.05, 0.1) is 30.2 Å². The van der Waals surface area contributed by atoms with E-state index in [9.17, 15) is 0 Å². The standard InChI is InChI=1S/C30H31FN8O2/c1-19-16-35-39(17-19)29-13-22(6-9-32-29)41-21-4-5-25(24(31)12-21)37-30-23-14-27(36-20-7-10-38(2)11-8-20)28(40-3)15-26(23)33-18-34-30/h4-6,9,12-18,20,36H,7-8,10-11H2,1-3H3,(H,33,34,37). The van der Waals surface area contributed by atoms with Gasteiger partial charge >= 0.3 is 0 Å². The molecule has 0 bridgehead atoms. The summed E-state index contributed by atoms with van der Waals surface area (Å²) < 4.78 is 28.5. The quantitative estimate of drug-likeness (QED) is 0.250. The second-order valence-corrected chi connectivity index (χ2v) is 10.2. The first kappa shape index (κ1) is 26.5. The Morgan fingerprint density at radius 2 is 1.80 bits per heavy atom. The Kier molecular flexibility index (Phi) is 7.34. The lowest BCUT2D eigenvalue weighted by molar-refractivity contribution is 0.263. The number of anilines is 3. The molecule has 11 heteroatoms. The SMILES string of the molecule is COc1cc2ncnc(Nc3ccc(Oc4ccnc(-n5cc(C)cn5)c4)cc3F)c2cc1NC1CCN(C)CC1. The zero-order valence-corrected chi connectivity index (χ0v) is 23.1. The summed E-state index contributed by atoms with van der Waals surface area (Å²) in [5, 5.41) is 11.8. The minimum Gasteiger partial charge on any atom is -0.495 e. The van der Waals surface area contributed by atoms with Crippen molar-refractivity contribution in [2.75, 3.05) is 37.9 Å². The maximum atomic E-state index is 15.3. The van der Waals surface area contributed by atoms with E-state index in [0.717, 1.165) is 42.6 Å². The van der Waals surface area contributed by atoms with Crippen molar-refractivity contribution in [1.29, 1.82) is 0 Å². The first-order chi connectivity index (χ1) is 19.9. The topological polar surface area (TPSA) is 102 Å². The number of rotatable bonds is 8. The van der Waals surface area contributed by atoms with Crippen molar-refractivity contribution < 1.29 is 13.9 Å². The summed E-state index contributed by atoms with van der Waals surface area (Å²) in [5.74, 6) is 2.18. The number of piperidine rings is 1. The number of nitrogens with one attached hydrogen (secondary N) is 2. The van der Waals surface area contributed by atoms with E-state index in [4.69, 9.17) is 9.47 Å². The van der Waals surface area contributed by atoms with E-state index < -0.39 is 5.82 Å². The van der Waals surface area contributed by atoms with Crippen LogP contribution in [-0.4, -0.2) is 62.9 Å². The maximum absolute atomic E-state index is 15.3. The number of hydrogen-bond donors (Lipinski definition) is 2. The molecule has 5 aromatic rings. The molecule has 0 amide bonds. The predicted molar refractivity (Wildman–Crippen MR) is 156 cm³/mol. The summed E-state index contributed by atoms with van der Waals surface area (Å²) in [6, 6.07) is 12.3. The highest BCUT2D eigenvalue weighted by atomic mass is 19.1. The highest BCUT2D eigenvalue weighted by Gasteiger charge is 2.19. The van der Waals surface area contributed by atoms with Crippen LogP contribution in [0, 0.1) is 12.7 Å². The third-order valence-corrected chi connectivity index (χ3v) is 7.13. The van der Waals surface area contributed by atoms with Crippen LogP contribution in [-0.2, 0) is 0 Å². The Balaban J connectivity index is 1.22. The molecule has 6 rings (SSSR count). The molecule has 0 spiro atoms. The second kappa shape index (κ2) is 11.4. The van der Waals surface area contributed by atoms with Gasteiger partial charge in [-0.2, -0.15) is 5.10 Å². The first-order valence-corrected chi connectivity index (χ1v) is 13.4. The smallest absolute Gasteiger partial charge is 0.156 e. The van der Waals surface area contributed by atoms with Crippen LogP contribution in [0.25, 0.3) is 16.7 Å². The van der Waals surface area contributed by atoms with E-state index in [1.807, 2.05) is 25.3 Å². The number of benzene rings is 2. The fraction of sp³-hybridized carbons (Fsp3) is 0.267. The molecular formula is C30H31FN8O2. The van der Waals surface area contributed by atoms with Gasteiger partial charge in [0.1, 0.15) is 35.2 Å². The molecule has 2 N–H and O–H groups in total. The van der Waals surface area contributed by atoms with Crippen molar-refractivity contribution in [2.24, 2.45) is 0 Å². The van der Waals surface area contributed by atoms with Crippen LogP contribution in [0.4, 0.5) is 21.6 Å². The van der Waals surface area contributed by atoms with Crippen LogP contribution in [0.15, 0.2) is 67.4 Å². The number of likely N-dealkylation sites (tertiary alicyclic amines) is 1. The number of methoxy groups -OCH3 is 1. The van der Waals surface area contributed by atoms with E-state index >= 15 is 4.39 Å². The molecule has 1 saturated heterocycles. The van der Waals surface area contributed by atoms with Gasteiger partial charge in [0.15, 0.2) is 5.82 Å². The maximum Gasteiger partial charge on any atom is 0.156 e. The minimum absolute atomic E-state index is 0.264. The van der Waals surface area contributed by atoms with E-state index in [1.54, 1.807) is 48.5 Å². The Hall–Kier alpha value is -4.77. The predicted octanol–water partition coefficient (Wildman–Crippen LogP) is 5.71. The third-order valence-electron chi connectivity index (χ3n) is 7.13. The lowest BCUT2D eigenvalue weighted by Crippen LogP contribution is -2.36. The summed E-state index contributed by atoms with van der Waals surface area (Å²) in [6.45, 7) is 4.03. The zero-order valence-electron chi connectivity index (χ0n) is 23.1. The summed E-state index contributed by atoms with van der Waals surface area (Å²) in [5.41, 5.74) is 2.83. The van der Waals surface area contributed by atoms with E-state index in [-0.39, 0.29) is 5.69 Å². The Labute approximate surface area is 237 Å². The highest BCUT2D eigenvalue weighted by molar-refractivity contribution is 5.95. The summed E-state index contributed by atoms with van der Waals surface area (Å²) in [4.78, 5) is 15.5. The fourth-order valence-electron chi connectivity index (χ4n) is 4.89. The van der Waals surface area contributed by atoms with Gasteiger partial charge in [0.2, 0.25) is 0 Å². The van der Waals surface area contributed by atoms with Crippen LogP contribution in [0.5, 0.6) is 17.2 Å². The molecule has 1 fully saturated rings. The monoisotopic (exact) mass is 554 g/mol. The molecule has 3 aromatic heterocycles. The van der Waals surface area contributed by atoms with Crippen LogP contribution in [0.1, 0.15) is 18.4 Å². The first-order valence-electron chi connectivity index (χ1n) is 13.4. The fourth-order valence-corrected chi connectivity index (χ4v) is 4.89. The Bertz CT molecular complexity index is 1680. The number of hydrogen-bond acceptors (Lipinski definition) is 9. The Morgan fingerprint density at radius 1 is 0.976 bits per heavy atom. The van der Waals surface area contributed by atoms with Crippen molar-refractivity contribution in [3.8, 4) is 23.1 Å². The van der Waals surface area contributed by atoms with Crippen LogP contribution < -0.4 is 20.1 Å². The molecule has 4 heterocycles. The van der Waals surface area contributed by atoms with Gasteiger partial charge in [0.25, 0.3) is 0 Å². The average molecular weight is 555 g/mol. The van der Waals surface area contributed by atoms with Crippen LogP contribution in [0.2, 0.25) is 0 Å². The zero-order chi connectivity index (χ0) is 28.3. The molecule has 0 aliphatic carbocycles. The summed E-state index contributed by atoms with van der Waals surface area (Å²) in [6.07, 6.45) is 8.77. The van der Waals surface area contributed by atoms with E-state index in [2.05, 4.69) is 42.6 Å². The molecule has 1 aliphatic rings. The number of nitrogens with zero attached hydrogens (tertiary/aromatic N) is 6. The van der Waals surface area contributed by atoms with Crippen LogP contribution >= 0.6 is 0 Å². The number of aryl methyl sites for hydroxylation is 1. The molecule has 1 aliphatic heterocycles. The van der Waals surface area contributed by atoms with Crippen molar-refractivity contribution in [1.82, 2.24) is 29.6 Å². The summed E-state index contributed by atoms with van der Waals surface area (Å²) >= 11 is 0. The average Bonchev–Trinajstić information content (AvgIpc) is 3.42. The van der Waals surface area contributed by atoms with E-state index in [0.29, 0.717) is 40.4 Å². The lowest BCUT2D eigenvalue weighted by atomic mass is 10.0. The largest absolute Gasteiger partial charge is 0.495 e. The lowest BCUT2D eigenvalue weighted by Gasteiger charge is -2.30. The normalized spacial score (nSPS) is 14.2. The van der Waals surface area contributed by atoms with Crippen LogP contribution in [0.3, 0.4) is 0 Å². The van der Waals surface area contributed by atoms with Crippen molar-refractivity contribution in [2.45, 2.75) is 25.8 Å². The molecule has 2 aromatic carbocycles. The van der Waals surface area contributed by atoms with Gasteiger partial charge < -0.3 is 25.0 Å². The molecular weight excluding hydrogens is 523 g/mol. The van der Waals surface area contributed by atoms with Crippen molar-refractivity contribution >= 4 is 28.1 Å². The molecule has 0 unspecified atom stereocenters. The van der Waals surface area contributed by atoms with Crippen molar-refractivity contribution in [3.63, 3.8) is 0 Å². The number of ether oxygens (including phenoxy) is 2. The van der Waals surface area contributed by atoms with Gasteiger partial charge in [-0.3, -0.25) is 0 Å². The van der Waals surface area contributed by atoms with Gasteiger partial charge in [-0.1, -0.05) is 0 Å². The molecule has 0 atom stereocenters. The Morgan fingerprint density at radius 3 is 2.56 bits per heavy atom. The molecule has 0 radical (unpaired) electrons. The van der Waals surface area contributed by atoms with Crippen molar-refractivity contribution in [3.05, 3.63) is 78.8 Å². The van der Waals surface area contributed by atoms with Gasteiger partial charge in [0, 0.05) is 42.0 Å². The number of pyridine rings is 1. The van der Waals surface area contributed by atoms with Gasteiger partial charge in [-0.25, -0.2) is 24.0 Å². The third kappa shape index (κ3) is 5.90. The number of aromatic nitrogens is 5. The molecule has 0 saturated carbocycles. The van der Waals surface area contributed by atoms with Gasteiger partial charge in [-0.15, -0.1) is 0 Å². The summed E-state index contributed by atoms with van der Waals surface area (Å²) in [7, 11) is 3.78. The molecule has 210 valence electrons. The molecule has 10 nitrogen and oxygen atoms in total. The number of halogens is 1. The van der Waals surface area contributed by atoms with E-state index in [1.165, 1.54) is 12.4 Å². The second-order valence-electron chi connectivity index (χ2n) is 10.2. The minimum atomic E-state index is -0.482. The molecule has 41 heavy (non-hydrogen) atoms. The van der Waals surface area contributed by atoms with Gasteiger partial charge in [-0.05, 0) is 69.7 Å². The highest BCUT2D eigenvalue weighted by Crippen LogP contribution is 2.35. The number of fused-ring (bicyclic) bond motifs is 1.